The van der Waals surface area contributed by atoms with Gasteiger partial charge >= 0.3 is 0 Å². The fourth-order valence-electron chi connectivity index (χ4n) is 1.38. The summed E-state index contributed by atoms with van der Waals surface area (Å²) >= 11 is 3.39. The summed E-state index contributed by atoms with van der Waals surface area (Å²) < 4.78 is 11.0. The van der Waals surface area contributed by atoms with E-state index in [0.717, 1.165) is 10.0 Å². The van der Waals surface area contributed by atoms with Gasteiger partial charge in [0.15, 0.2) is 0 Å². The molecule has 2 aromatic rings. The predicted molar refractivity (Wildman–Crippen MR) is 66.2 cm³/mol. The van der Waals surface area contributed by atoms with Gasteiger partial charge in [0.25, 0.3) is 0 Å². The maximum Gasteiger partial charge on any atom is 0.246 e. The molecule has 2 rings (SSSR count). The first-order valence-electron chi connectivity index (χ1n) is 5.05. The first-order chi connectivity index (χ1) is 8.20. The van der Waals surface area contributed by atoms with Crippen LogP contribution in [0, 0.1) is 0 Å². The van der Waals surface area contributed by atoms with Crippen molar-refractivity contribution in [1.29, 1.82) is 0 Å². The van der Waals surface area contributed by atoms with Gasteiger partial charge in [-0.2, -0.15) is 4.98 Å². The number of halogens is 1. The highest BCUT2D eigenvalue weighted by Crippen LogP contribution is 2.21. The van der Waals surface area contributed by atoms with Crippen molar-refractivity contribution in [1.82, 2.24) is 10.1 Å². The Balaban J connectivity index is 2.23. The van der Waals surface area contributed by atoms with Gasteiger partial charge in [-0.25, -0.2) is 0 Å². The van der Waals surface area contributed by atoms with E-state index in [-0.39, 0.29) is 0 Å². The maximum atomic E-state index is 5.80. The van der Waals surface area contributed by atoms with Crippen LogP contribution in [0.3, 0.4) is 0 Å². The van der Waals surface area contributed by atoms with Crippen molar-refractivity contribution >= 4 is 15.9 Å². The van der Waals surface area contributed by atoms with Gasteiger partial charge in [-0.3, -0.25) is 0 Å². The fourth-order valence-corrected chi connectivity index (χ4v) is 1.78. The third kappa shape index (κ3) is 2.91. The van der Waals surface area contributed by atoms with Gasteiger partial charge in [-0.05, 0) is 12.1 Å². The van der Waals surface area contributed by atoms with E-state index in [1.807, 2.05) is 24.3 Å². The Labute approximate surface area is 107 Å². The van der Waals surface area contributed by atoms with E-state index < -0.39 is 6.04 Å². The monoisotopic (exact) mass is 297 g/mol. The molecule has 0 aliphatic rings. The molecule has 0 spiro atoms. The van der Waals surface area contributed by atoms with Crippen molar-refractivity contribution in [2.45, 2.75) is 6.04 Å². The Morgan fingerprint density at radius 3 is 3.06 bits per heavy atom. The highest BCUT2D eigenvalue weighted by atomic mass is 79.9. The smallest absolute Gasteiger partial charge is 0.246 e. The summed E-state index contributed by atoms with van der Waals surface area (Å²) in [6.07, 6.45) is 0. The number of hydrogen-bond acceptors (Lipinski definition) is 5. The molecule has 0 radical (unpaired) electrons. The standard InChI is InChI=1S/C11H12BrN3O2/c1-16-6-9(13)11-14-10(15-17-11)7-3-2-4-8(12)5-7/h2-5,9H,6,13H2,1H3. The Bertz CT molecular complexity index is 501. The van der Waals surface area contributed by atoms with Crippen LogP contribution >= 0.6 is 15.9 Å². The molecule has 0 bridgehead atoms. The molecule has 90 valence electrons. The molecule has 0 fully saturated rings. The van der Waals surface area contributed by atoms with E-state index in [0.29, 0.717) is 18.3 Å². The second kappa shape index (κ2) is 5.39. The van der Waals surface area contributed by atoms with E-state index in [1.165, 1.54) is 0 Å². The van der Waals surface area contributed by atoms with Crippen molar-refractivity contribution in [3.63, 3.8) is 0 Å². The Hall–Kier alpha value is -1.24. The molecule has 0 amide bonds. The molecule has 1 atom stereocenters. The zero-order chi connectivity index (χ0) is 12.3. The van der Waals surface area contributed by atoms with Crippen molar-refractivity contribution in [3.05, 3.63) is 34.6 Å². The highest BCUT2D eigenvalue weighted by molar-refractivity contribution is 9.10. The number of aromatic nitrogens is 2. The lowest BCUT2D eigenvalue weighted by atomic mass is 10.2. The minimum Gasteiger partial charge on any atom is -0.383 e. The average Bonchev–Trinajstić information content (AvgIpc) is 2.78. The predicted octanol–water partition coefficient (Wildman–Crippen LogP) is 2.15. The molecule has 0 aliphatic carbocycles. The van der Waals surface area contributed by atoms with Crippen LogP contribution in [0.15, 0.2) is 33.3 Å². The van der Waals surface area contributed by atoms with Crippen LogP contribution in [-0.4, -0.2) is 23.9 Å². The molecule has 6 heteroatoms. The third-order valence-electron chi connectivity index (χ3n) is 2.19. The SMILES string of the molecule is COCC(N)c1nc(-c2cccc(Br)c2)no1. The molecule has 0 saturated heterocycles. The molecular formula is C11H12BrN3O2. The minimum absolute atomic E-state index is 0.347. The molecule has 1 aromatic carbocycles. The van der Waals surface area contributed by atoms with Gasteiger partial charge in [0.2, 0.25) is 11.7 Å². The molecule has 0 aliphatic heterocycles. The summed E-state index contributed by atoms with van der Waals surface area (Å²) in [5, 5.41) is 3.89. The number of ether oxygens (including phenoxy) is 1. The van der Waals surface area contributed by atoms with Crippen molar-refractivity contribution in [2.75, 3.05) is 13.7 Å². The zero-order valence-corrected chi connectivity index (χ0v) is 10.8. The summed E-state index contributed by atoms with van der Waals surface area (Å²) in [7, 11) is 1.57. The fraction of sp³-hybridized carbons (Fsp3) is 0.273. The highest BCUT2D eigenvalue weighted by Gasteiger charge is 2.15. The van der Waals surface area contributed by atoms with Crippen molar-refractivity contribution in [3.8, 4) is 11.4 Å². The van der Waals surface area contributed by atoms with Gasteiger partial charge in [0.05, 0.1) is 6.61 Å². The van der Waals surface area contributed by atoms with E-state index in [2.05, 4.69) is 26.1 Å². The molecule has 5 nitrogen and oxygen atoms in total. The summed E-state index contributed by atoms with van der Waals surface area (Å²) in [6.45, 7) is 0.347. The summed E-state index contributed by atoms with van der Waals surface area (Å²) in [5.41, 5.74) is 6.67. The van der Waals surface area contributed by atoms with E-state index in [4.69, 9.17) is 15.0 Å². The Morgan fingerprint density at radius 1 is 1.53 bits per heavy atom. The van der Waals surface area contributed by atoms with E-state index in [1.54, 1.807) is 7.11 Å². The third-order valence-corrected chi connectivity index (χ3v) is 2.68. The number of nitrogens with two attached hydrogens (primary N) is 1. The summed E-state index contributed by atoms with van der Waals surface area (Å²) in [5.74, 6) is 0.898. The van der Waals surface area contributed by atoms with Crippen LogP contribution in [0.5, 0.6) is 0 Å². The van der Waals surface area contributed by atoms with Crippen LogP contribution in [0.2, 0.25) is 0 Å². The summed E-state index contributed by atoms with van der Waals surface area (Å²) in [4.78, 5) is 4.24. The number of hydrogen-bond donors (Lipinski definition) is 1. The largest absolute Gasteiger partial charge is 0.383 e. The molecule has 1 aromatic heterocycles. The maximum absolute atomic E-state index is 5.80. The van der Waals surface area contributed by atoms with E-state index in [9.17, 15) is 0 Å². The van der Waals surface area contributed by atoms with Crippen molar-refractivity contribution in [2.24, 2.45) is 5.73 Å². The minimum atomic E-state index is -0.395. The van der Waals surface area contributed by atoms with Crippen LogP contribution in [-0.2, 0) is 4.74 Å². The van der Waals surface area contributed by atoms with E-state index >= 15 is 0 Å². The second-order valence-corrected chi connectivity index (χ2v) is 4.44. The van der Waals surface area contributed by atoms with Crippen LogP contribution in [0.1, 0.15) is 11.9 Å². The van der Waals surface area contributed by atoms with Gasteiger partial charge in [-0.15, -0.1) is 0 Å². The first kappa shape index (κ1) is 12.2. The number of nitrogens with zero attached hydrogens (tertiary/aromatic N) is 2. The quantitative estimate of drug-likeness (QED) is 0.936. The molecule has 1 unspecified atom stereocenters. The van der Waals surface area contributed by atoms with Gasteiger partial charge in [0, 0.05) is 17.1 Å². The lowest BCUT2D eigenvalue weighted by Crippen LogP contribution is -2.16. The van der Waals surface area contributed by atoms with Crippen LogP contribution in [0.4, 0.5) is 0 Å². The molecular weight excluding hydrogens is 286 g/mol. The molecule has 1 heterocycles. The number of rotatable bonds is 4. The molecule has 0 saturated carbocycles. The van der Waals surface area contributed by atoms with Crippen molar-refractivity contribution < 1.29 is 9.26 Å². The average molecular weight is 298 g/mol. The summed E-state index contributed by atoms with van der Waals surface area (Å²) in [6, 6.07) is 7.26. The Kier molecular flexibility index (Phi) is 3.88. The lowest BCUT2D eigenvalue weighted by Gasteiger charge is -2.02. The van der Waals surface area contributed by atoms with Crippen LogP contribution < -0.4 is 5.73 Å². The van der Waals surface area contributed by atoms with Crippen LogP contribution in [0.25, 0.3) is 11.4 Å². The normalized spacial score (nSPS) is 12.6. The lowest BCUT2D eigenvalue weighted by molar-refractivity contribution is 0.166. The topological polar surface area (TPSA) is 74.2 Å². The first-order valence-corrected chi connectivity index (χ1v) is 5.84. The zero-order valence-electron chi connectivity index (χ0n) is 9.26. The number of benzene rings is 1. The molecule has 17 heavy (non-hydrogen) atoms. The van der Waals surface area contributed by atoms with Gasteiger partial charge in [-0.1, -0.05) is 33.2 Å². The molecule has 2 N–H and O–H groups in total. The van der Waals surface area contributed by atoms with Gasteiger partial charge in [0.1, 0.15) is 6.04 Å². The second-order valence-electron chi connectivity index (χ2n) is 3.53. The number of methoxy groups -OCH3 is 1. The Morgan fingerprint density at radius 2 is 2.35 bits per heavy atom. The van der Waals surface area contributed by atoms with Gasteiger partial charge < -0.3 is 15.0 Å².